The minimum absolute atomic E-state index is 0.212. The summed E-state index contributed by atoms with van der Waals surface area (Å²) in [6.45, 7) is 0. The predicted octanol–water partition coefficient (Wildman–Crippen LogP) is 0.695. The van der Waals surface area contributed by atoms with Crippen LogP contribution in [0.1, 0.15) is 11.3 Å². The van der Waals surface area contributed by atoms with E-state index >= 15 is 0 Å². The van der Waals surface area contributed by atoms with Crippen LogP contribution in [0.2, 0.25) is 0 Å². The molecule has 11 heavy (non-hydrogen) atoms. The molecule has 0 aliphatic heterocycles. The van der Waals surface area contributed by atoms with Gasteiger partial charge in [-0.2, -0.15) is 5.26 Å². The Bertz CT molecular complexity index is 301. The van der Waals surface area contributed by atoms with Gasteiger partial charge in [-0.25, -0.2) is 0 Å². The Hall–Kier alpha value is -1.69. The van der Waals surface area contributed by atoms with Crippen LogP contribution in [-0.2, 0) is 11.2 Å². The van der Waals surface area contributed by atoms with Gasteiger partial charge in [-0.15, -0.1) is 0 Å². The number of nitriles is 1. The molecule has 0 amide bonds. The molecule has 1 heterocycles. The van der Waals surface area contributed by atoms with Gasteiger partial charge in [-0.05, 0) is 12.1 Å². The Morgan fingerprint density at radius 1 is 1.73 bits per heavy atom. The van der Waals surface area contributed by atoms with Gasteiger partial charge in [0.1, 0.15) is 12.4 Å². The largest absolute Gasteiger partial charge is 0.303 e. The SMILES string of the molecule is N#Cc1cccnc1CC=O. The Kier molecular flexibility index (Phi) is 2.34. The highest BCUT2D eigenvalue weighted by molar-refractivity contribution is 5.55. The van der Waals surface area contributed by atoms with E-state index in [1.165, 1.54) is 0 Å². The van der Waals surface area contributed by atoms with E-state index in [0.717, 1.165) is 6.29 Å². The van der Waals surface area contributed by atoms with Crippen LogP contribution >= 0.6 is 0 Å². The Morgan fingerprint density at radius 3 is 3.18 bits per heavy atom. The molecule has 1 aromatic rings. The minimum Gasteiger partial charge on any atom is -0.303 e. The maximum Gasteiger partial charge on any atom is 0.125 e. The van der Waals surface area contributed by atoms with Gasteiger partial charge >= 0.3 is 0 Å². The Morgan fingerprint density at radius 2 is 2.55 bits per heavy atom. The first-order valence-corrected chi connectivity index (χ1v) is 3.16. The molecular weight excluding hydrogens is 140 g/mol. The highest BCUT2D eigenvalue weighted by Crippen LogP contribution is 2.02. The molecular formula is C8H6N2O. The minimum atomic E-state index is 0.212. The van der Waals surface area contributed by atoms with Crippen LogP contribution in [0.3, 0.4) is 0 Å². The zero-order valence-corrected chi connectivity index (χ0v) is 5.82. The molecule has 3 heteroatoms. The van der Waals surface area contributed by atoms with Crippen molar-refractivity contribution in [3.8, 4) is 6.07 Å². The van der Waals surface area contributed by atoms with Crippen LogP contribution < -0.4 is 0 Å². The molecule has 0 fully saturated rings. The monoisotopic (exact) mass is 146 g/mol. The third-order valence-electron chi connectivity index (χ3n) is 1.29. The van der Waals surface area contributed by atoms with Crippen molar-refractivity contribution >= 4 is 6.29 Å². The van der Waals surface area contributed by atoms with Gasteiger partial charge in [0.05, 0.1) is 11.3 Å². The summed E-state index contributed by atoms with van der Waals surface area (Å²) in [4.78, 5) is 14.0. The van der Waals surface area contributed by atoms with Gasteiger partial charge in [0.15, 0.2) is 0 Å². The predicted molar refractivity (Wildman–Crippen MR) is 38.7 cm³/mol. The fourth-order valence-corrected chi connectivity index (χ4v) is 0.781. The number of carbonyl (C=O) groups excluding carboxylic acids is 1. The standard InChI is InChI=1S/C8H6N2O/c9-6-7-2-1-4-10-8(7)3-5-11/h1-2,4-5H,3H2. The van der Waals surface area contributed by atoms with Crippen molar-refractivity contribution in [1.29, 1.82) is 5.26 Å². The van der Waals surface area contributed by atoms with E-state index < -0.39 is 0 Å². The molecule has 0 bridgehead atoms. The summed E-state index contributed by atoms with van der Waals surface area (Å²) < 4.78 is 0. The molecule has 0 spiro atoms. The molecule has 1 aromatic heterocycles. The van der Waals surface area contributed by atoms with E-state index in [4.69, 9.17) is 5.26 Å². The van der Waals surface area contributed by atoms with Crippen LogP contribution in [0.4, 0.5) is 0 Å². The maximum absolute atomic E-state index is 10.1. The fourth-order valence-electron chi connectivity index (χ4n) is 0.781. The molecule has 0 aliphatic carbocycles. The second kappa shape index (κ2) is 3.47. The van der Waals surface area contributed by atoms with Crippen molar-refractivity contribution in [2.24, 2.45) is 0 Å². The van der Waals surface area contributed by atoms with Crippen LogP contribution in [0.15, 0.2) is 18.3 Å². The molecule has 0 N–H and O–H groups in total. The normalized spacial score (nSPS) is 8.64. The van der Waals surface area contributed by atoms with Gasteiger partial charge in [-0.3, -0.25) is 4.98 Å². The Labute approximate surface area is 64.3 Å². The van der Waals surface area contributed by atoms with Gasteiger partial charge < -0.3 is 4.79 Å². The average Bonchev–Trinajstić information content (AvgIpc) is 2.06. The lowest BCUT2D eigenvalue weighted by Crippen LogP contribution is -1.94. The van der Waals surface area contributed by atoms with Gasteiger partial charge in [0.25, 0.3) is 0 Å². The summed E-state index contributed by atoms with van der Waals surface area (Å²) in [6, 6.07) is 5.28. The number of nitrogens with zero attached hydrogens (tertiary/aromatic N) is 2. The van der Waals surface area contributed by atoms with E-state index in [1.807, 2.05) is 6.07 Å². The molecule has 0 saturated carbocycles. The highest BCUT2D eigenvalue weighted by Gasteiger charge is 1.99. The van der Waals surface area contributed by atoms with Crippen molar-refractivity contribution in [2.75, 3.05) is 0 Å². The van der Waals surface area contributed by atoms with Gasteiger partial charge in [0.2, 0.25) is 0 Å². The number of pyridine rings is 1. The van der Waals surface area contributed by atoms with Crippen LogP contribution in [0, 0.1) is 11.3 Å². The number of carbonyl (C=O) groups is 1. The smallest absolute Gasteiger partial charge is 0.125 e. The lowest BCUT2D eigenvalue weighted by molar-refractivity contribution is -0.107. The van der Waals surface area contributed by atoms with Crippen molar-refractivity contribution < 1.29 is 4.79 Å². The molecule has 3 nitrogen and oxygen atoms in total. The molecule has 54 valence electrons. The van der Waals surface area contributed by atoms with E-state index in [2.05, 4.69) is 4.98 Å². The van der Waals surface area contributed by atoms with Crippen LogP contribution in [-0.4, -0.2) is 11.3 Å². The van der Waals surface area contributed by atoms with E-state index in [-0.39, 0.29) is 6.42 Å². The van der Waals surface area contributed by atoms with E-state index in [0.29, 0.717) is 11.3 Å². The molecule has 0 aromatic carbocycles. The average molecular weight is 146 g/mol. The number of aldehydes is 1. The Balaban J connectivity index is 3.04. The summed E-state index contributed by atoms with van der Waals surface area (Å²) in [5, 5.41) is 8.54. The molecule has 1 rings (SSSR count). The van der Waals surface area contributed by atoms with Gasteiger partial charge in [0, 0.05) is 12.6 Å². The molecule has 0 radical (unpaired) electrons. The fraction of sp³-hybridized carbons (Fsp3) is 0.125. The second-order valence-electron chi connectivity index (χ2n) is 1.98. The van der Waals surface area contributed by atoms with Crippen LogP contribution in [0.5, 0.6) is 0 Å². The lowest BCUT2D eigenvalue weighted by Gasteiger charge is -1.94. The van der Waals surface area contributed by atoms with Crippen molar-refractivity contribution in [3.63, 3.8) is 0 Å². The number of hydrogen-bond donors (Lipinski definition) is 0. The zero-order chi connectivity index (χ0) is 8.10. The molecule has 0 atom stereocenters. The van der Waals surface area contributed by atoms with Crippen LogP contribution in [0.25, 0.3) is 0 Å². The van der Waals surface area contributed by atoms with E-state index in [1.54, 1.807) is 18.3 Å². The molecule has 0 aliphatic rings. The number of hydrogen-bond acceptors (Lipinski definition) is 3. The quantitative estimate of drug-likeness (QED) is 0.577. The lowest BCUT2D eigenvalue weighted by atomic mass is 10.2. The topological polar surface area (TPSA) is 53.8 Å². The summed E-state index contributed by atoms with van der Waals surface area (Å²) in [5.74, 6) is 0. The summed E-state index contributed by atoms with van der Waals surface area (Å²) >= 11 is 0. The highest BCUT2D eigenvalue weighted by atomic mass is 16.1. The number of rotatable bonds is 2. The zero-order valence-electron chi connectivity index (χ0n) is 5.82. The van der Waals surface area contributed by atoms with E-state index in [9.17, 15) is 4.79 Å². The first-order valence-electron chi connectivity index (χ1n) is 3.16. The van der Waals surface area contributed by atoms with Crippen molar-refractivity contribution in [1.82, 2.24) is 4.98 Å². The summed E-state index contributed by atoms with van der Waals surface area (Å²) in [5.41, 5.74) is 1.02. The first kappa shape index (κ1) is 7.42. The summed E-state index contributed by atoms with van der Waals surface area (Å²) in [6.07, 6.45) is 2.52. The molecule has 0 unspecified atom stereocenters. The first-order chi connectivity index (χ1) is 5.38. The molecule has 0 saturated heterocycles. The number of aromatic nitrogens is 1. The third-order valence-corrected chi connectivity index (χ3v) is 1.29. The maximum atomic E-state index is 10.1. The summed E-state index contributed by atoms with van der Waals surface area (Å²) in [7, 11) is 0. The second-order valence-corrected chi connectivity index (χ2v) is 1.98. The van der Waals surface area contributed by atoms with Gasteiger partial charge in [-0.1, -0.05) is 0 Å². The van der Waals surface area contributed by atoms with Crippen molar-refractivity contribution in [3.05, 3.63) is 29.6 Å². The van der Waals surface area contributed by atoms with Crippen molar-refractivity contribution in [2.45, 2.75) is 6.42 Å². The third kappa shape index (κ3) is 1.62.